The fourth-order valence-electron chi connectivity index (χ4n) is 0.509. The summed E-state index contributed by atoms with van der Waals surface area (Å²) in [6.07, 6.45) is 0. The van der Waals surface area contributed by atoms with Crippen LogP contribution in [0.5, 0.6) is 0 Å². The molecule has 0 heterocycles. The lowest BCUT2D eigenvalue weighted by Crippen LogP contribution is -2.52. The Morgan fingerprint density at radius 1 is 1.43 bits per heavy atom. The first kappa shape index (κ1) is 12.8. The molecule has 1 amide bonds. The van der Waals surface area contributed by atoms with Crippen molar-refractivity contribution in [1.29, 1.82) is 0 Å². The van der Waals surface area contributed by atoms with Crippen molar-refractivity contribution in [2.45, 2.75) is 12.6 Å². The lowest BCUT2D eigenvalue weighted by Gasteiger charge is -2.12. The summed E-state index contributed by atoms with van der Waals surface area (Å²) in [6, 6.07) is 0. The normalized spacial score (nSPS) is 10.7. The lowest BCUT2D eigenvalue weighted by atomic mass is 10.2. The summed E-state index contributed by atoms with van der Waals surface area (Å²) in [5, 5.41) is 22.7. The molecule has 0 aromatic rings. The van der Waals surface area contributed by atoms with Crippen LogP contribution in [-0.4, -0.2) is 33.3 Å². The molecule has 0 aromatic carbocycles. The zero-order valence-electron chi connectivity index (χ0n) is 7.23. The highest BCUT2D eigenvalue weighted by molar-refractivity contribution is 9.09. The number of carbonyl (C=O) groups excluding carboxylic acids is 1. The maximum absolute atomic E-state index is 10.7. The Bertz CT molecular complexity index is 254. The van der Waals surface area contributed by atoms with Crippen molar-refractivity contribution in [3.05, 3.63) is 20.2 Å². The van der Waals surface area contributed by atoms with Crippen LogP contribution in [0.1, 0.15) is 6.92 Å². The van der Waals surface area contributed by atoms with E-state index in [9.17, 15) is 25.0 Å². The number of halogens is 1. The Kier molecular flexibility index (Phi) is 4.41. The summed E-state index contributed by atoms with van der Waals surface area (Å²) in [7, 11) is 0. The minimum atomic E-state index is -2.38. The van der Waals surface area contributed by atoms with Gasteiger partial charge in [-0.1, -0.05) is 15.9 Å². The summed E-state index contributed by atoms with van der Waals surface area (Å²) in [4.78, 5) is 29.3. The minimum absolute atomic E-state index is 0.0570. The number of amides is 1. The van der Waals surface area contributed by atoms with Crippen LogP contribution in [0, 0.1) is 20.2 Å². The molecule has 0 saturated heterocycles. The number of hydrogen-bond acceptors (Lipinski definition) is 5. The Hall–Kier alpha value is -1.25. The Morgan fingerprint density at radius 2 is 1.86 bits per heavy atom. The molecule has 8 nitrogen and oxygen atoms in total. The molecule has 0 saturated carbocycles. The van der Waals surface area contributed by atoms with E-state index in [0.29, 0.717) is 0 Å². The zero-order chi connectivity index (χ0) is 11.4. The van der Waals surface area contributed by atoms with Gasteiger partial charge in [0.1, 0.15) is 9.85 Å². The molecule has 9 heteroatoms. The van der Waals surface area contributed by atoms with Crippen molar-refractivity contribution < 1.29 is 14.6 Å². The molecule has 0 rings (SSSR count). The van der Waals surface area contributed by atoms with Crippen molar-refractivity contribution in [3.8, 4) is 0 Å². The van der Waals surface area contributed by atoms with Crippen LogP contribution in [0.2, 0.25) is 0 Å². The second-order valence-corrected chi connectivity index (χ2v) is 3.20. The van der Waals surface area contributed by atoms with E-state index in [2.05, 4.69) is 21.2 Å². The maximum Gasteiger partial charge on any atom is 0.472 e. The van der Waals surface area contributed by atoms with E-state index in [1.165, 1.54) is 0 Å². The summed E-state index contributed by atoms with van der Waals surface area (Å²) >= 11 is 2.80. The van der Waals surface area contributed by atoms with Gasteiger partial charge in [-0.05, 0) is 0 Å². The molecule has 0 unspecified atom stereocenters. The highest BCUT2D eigenvalue weighted by Gasteiger charge is 2.50. The van der Waals surface area contributed by atoms with E-state index in [4.69, 9.17) is 0 Å². The SMILES string of the molecule is CC(CNC(=O)CBr)([N+](=O)[O-])[N+](=O)[O-]. The van der Waals surface area contributed by atoms with Gasteiger partial charge in [0.2, 0.25) is 5.91 Å². The summed E-state index contributed by atoms with van der Waals surface area (Å²) < 4.78 is 0. The van der Waals surface area contributed by atoms with Gasteiger partial charge in [-0.2, -0.15) is 0 Å². The van der Waals surface area contributed by atoms with Crippen molar-refractivity contribution in [2.24, 2.45) is 0 Å². The van der Waals surface area contributed by atoms with Crippen LogP contribution in [0.25, 0.3) is 0 Å². The molecule has 1 N–H and O–H groups in total. The van der Waals surface area contributed by atoms with Gasteiger partial charge in [0, 0.05) is 0 Å². The smallest absolute Gasteiger partial charge is 0.342 e. The minimum Gasteiger partial charge on any atom is -0.342 e. The van der Waals surface area contributed by atoms with Crippen LogP contribution in [-0.2, 0) is 4.79 Å². The monoisotopic (exact) mass is 269 g/mol. The van der Waals surface area contributed by atoms with Crippen LogP contribution in [0.15, 0.2) is 0 Å². The van der Waals surface area contributed by atoms with Gasteiger partial charge in [0.05, 0.1) is 12.3 Å². The van der Waals surface area contributed by atoms with Gasteiger partial charge in [-0.25, -0.2) is 0 Å². The predicted molar refractivity (Wildman–Crippen MR) is 49.2 cm³/mol. The van der Waals surface area contributed by atoms with Crippen LogP contribution in [0.3, 0.4) is 0 Å². The molecule has 0 aliphatic rings. The molecule has 14 heavy (non-hydrogen) atoms. The summed E-state index contributed by atoms with van der Waals surface area (Å²) in [6.45, 7) is 0.193. The van der Waals surface area contributed by atoms with Crippen molar-refractivity contribution in [3.63, 3.8) is 0 Å². The number of nitrogens with zero attached hydrogens (tertiary/aromatic N) is 2. The third-order valence-corrected chi connectivity index (χ3v) is 2.04. The van der Waals surface area contributed by atoms with Crippen LogP contribution >= 0.6 is 15.9 Å². The Labute approximate surface area is 87.1 Å². The first-order valence-corrected chi connectivity index (χ1v) is 4.58. The quantitative estimate of drug-likeness (QED) is 0.320. The summed E-state index contributed by atoms with van der Waals surface area (Å²) in [5.74, 6) is -0.542. The van der Waals surface area contributed by atoms with Crippen molar-refractivity contribution in [1.82, 2.24) is 5.32 Å². The average molecular weight is 270 g/mol. The van der Waals surface area contributed by atoms with Gasteiger partial charge >= 0.3 is 5.66 Å². The first-order chi connectivity index (χ1) is 6.34. The highest BCUT2D eigenvalue weighted by Crippen LogP contribution is 2.08. The molecule has 80 valence electrons. The molecule has 0 radical (unpaired) electrons. The largest absolute Gasteiger partial charge is 0.472 e. The number of carbonyl (C=O) groups is 1. The lowest BCUT2D eigenvalue weighted by molar-refractivity contribution is -0.788. The molecule has 0 aromatic heterocycles. The van der Waals surface area contributed by atoms with E-state index in [-0.39, 0.29) is 5.33 Å². The van der Waals surface area contributed by atoms with E-state index in [1.807, 2.05) is 0 Å². The maximum atomic E-state index is 10.7. The molecular formula is C5H8BrN3O5. The topological polar surface area (TPSA) is 115 Å². The van der Waals surface area contributed by atoms with Crippen molar-refractivity contribution >= 4 is 21.8 Å². The third kappa shape index (κ3) is 2.91. The molecule has 0 bridgehead atoms. The fourth-order valence-corrected chi connectivity index (χ4v) is 0.707. The number of hydrogen-bond donors (Lipinski definition) is 1. The van der Waals surface area contributed by atoms with Gasteiger partial charge in [-0.15, -0.1) is 0 Å². The van der Waals surface area contributed by atoms with Gasteiger partial charge < -0.3 is 5.32 Å². The second kappa shape index (κ2) is 4.84. The van der Waals surface area contributed by atoms with Crippen LogP contribution < -0.4 is 5.32 Å². The van der Waals surface area contributed by atoms with E-state index >= 15 is 0 Å². The third-order valence-electron chi connectivity index (χ3n) is 1.53. The summed E-state index contributed by atoms with van der Waals surface area (Å²) in [5.41, 5.74) is -2.38. The zero-order valence-corrected chi connectivity index (χ0v) is 8.81. The Morgan fingerprint density at radius 3 is 2.14 bits per heavy atom. The molecule has 0 atom stereocenters. The highest BCUT2D eigenvalue weighted by atomic mass is 79.9. The number of alkyl halides is 1. The number of nitrogens with one attached hydrogen (secondary N) is 1. The number of rotatable bonds is 5. The molecule has 0 aliphatic carbocycles. The molecule has 0 spiro atoms. The van der Waals surface area contributed by atoms with Gasteiger partial charge in [0.25, 0.3) is 0 Å². The standard InChI is InChI=1S/C5H8BrN3O5/c1-5(8(11)12,9(13)14)3-7-4(10)2-6/h2-3H2,1H3,(H,7,10). The predicted octanol–water partition coefficient (Wildman–Crippen LogP) is -0.233. The second-order valence-electron chi connectivity index (χ2n) is 2.64. The van der Waals surface area contributed by atoms with Gasteiger partial charge in [0.15, 0.2) is 6.54 Å². The molecule has 0 aliphatic heterocycles. The average Bonchev–Trinajstić information content (AvgIpc) is 2.12. The molecule has 0 fully saturated rings. The molecular weight excluding hydrogens is 262 g/mol. The van der Waals surface area contributed by atoms with E-state index in [0.717, 1.165) is 6.92 Å². The van der Waals surface area contributed by atoms with Crippen molar-refractivity contribution in [2.75, 3.05) is 11.9 Å². The number of nitro groups is 2. The fraction of sp³-hybridized carbons (Fsp3) is 0.800. The first-order valence-electron chi connectivity index (χ1n) is 3.46. The Balaban J connectivity index is 4.47. The van der Waals surface area contributed by atoms with Crippen LogP contribution in [0.4, 0.5) is 0 Å². The van der Waals surface area contributed by atoms with E-state index < -0.39 is 28.0 Å². The van der Waals surface area contributed by atoms with E-state index in [1.54, 1.807) is 0 Å². The van der Waals surface area contributed by atoms with Gasteiger partial charge in [-0.3, -0.25) is 25.0 Å².